The Morgan fingerprint density at radius 3 is 3.00 bits per heavy atom. The molecule has 0 bridgehead atoms. The number of Topliss-reactive ketones (excluding diaryl/α,β-unsaturated/α-hetero) is 1. The van der Waals surface area contributed by atoms with Crippen molar-refractivity contribution in [3.8, 4) is 0 Å². The summed E-state index contributed by atoms with van der Waals surface area (Å²) in [6.45, 7) is 0. The summed E-state index contributed by atoms with van der Waals surface area (Å²) in [6.07, 6.45) is 5.87. The molecule has 0 aromatic carbocycles. The van der Waals surface area contributed by atoms with Crippen molar-refractivity contribution < 1.29 is 13.2 Å². The Morgan fingerprint density at radius 1 is 1.46 bits per heavy atom. The molecule has 5 heteroatoms. The lowest BCUT2D eigenvalue weighted by atomic mass is 9.93. The van der Waals surface area contributed by atoms with E-state index in [2.05, 4.69) is 4.72 Å². The maximum Gasteiger partial charge on any atom is 0.239 e. The first kappa shape index (κ1) is 8.50. The molecule has 1 heterocycles. The lowest BCUT2D eigenvalue weighted by Crippen LogP contribution is -2.43. The summed E-state index contributed by atoms with van der Waals surface area (Å²) in [7, 11) is -3.40. The molecule has 2 rings (SSSR count). The van der Waals surface area contributed by atoms with E-state index >= 15 is 0 Å². The molecule has 1 fully saturated rings. The van der Waals surface area contributed by atoms with Crippen LogP contribution in [-0.4, -0.2) is 20.0 Å². The van der Waals surface area contributed by atoms with Crippen LogP contribution in [0.5, 0.6) is 0 Å². The molecule has 0 spiro atoms. The third kappa shape index (κ3) is 1.51. The summed E-state index contributed by atoms with van der Waals surface area (Å²) < 4.78 is 24.6. The van der Waals surface area contributed by atoms with Gasteiger partial charge in [-0.2, -0.15) is 0 Å². The maximum absolute atomic E-state index is 11.4. The predicted molar refractivity (Wildman–Crippen MR) is 47.3 cm³/mol. The van der Waals surface area contributed by atoms with Gasteiger partial charge in [0.1, 0.15) is 5.75 Å². The van der Waals surface area contributed by atoms with Gasteiger partial charge in [-0.25, -0.2) is 8.42 Å². The lowest BCUT2D eigenvalue weighted by molar-refractivity contribution is -0.119. The minimum atomic E-state index is -3.40. The molecule has 1 saturated heterocycles. The quantitative estimate of drug-likeness (QED) is 0.595. The van der Waals surface area contributed by atoms with Crippen LogP contribution in [0.1, 0.15) is 6.42 Å². The van der Waals surface area contributed by atoms with Crippen molar-refractivity contribution in [1.29, 1.82) is 0 Å². The van der Waals surface area contributed by atoms with Crippen LogP contribution in [0, 0.1) is 5.92 Å². The second-order valence-electron chi connectivity index (χ2n) is 3.17. The largest absolute Gasteiger partial charge is 0.298 e. The van der Waals surface area contributed by atoms with Crippen LogP contribution in [0.25, 0.3) is 0 Å². The fraction of sp³-hybridized carbons (Fsp3) is 0.375. The van der Waals surface area contributed by atoms with Crippen molar-refractivity contribution in [2.75, 3.05) is 5.75 Å². The Kier molecular flexibility index (Phi) is 1.76. The van der Waals surface area contributed by atoms with E-state index in [1.54, 1.807) is 12.2 Å². The van der Waals surface area contributed by atoms with Crippen molar-refractivity contribution in [2.45, 2.75) is 6.42 Å². The fourth-order valence-electron chi connectivity index (χ4n) is 1.54. The number of nitrogens with one attached hydrogen (secondary N) is 1. The van der Waals surface area contributed by atoms with E-state index in [1.807, 2.05) is 6.08 Å². The number of sulfonamides is 1. The highest BCUT2D eigenvalue weighted by molar-refractivity contribution is 7.90. The normalized spacial score (nSPS) is 30.3. The molecule has 0 saturated carbocycles. The van der Waals surface area contributed by atoms with Crippen LogP contribution in [0.4, 0.5) is 0 Å². The van der Waals surface area contributed by atoms with E-state index in [9.17, 15) is 13.2 Å². The molecule has 1 aliphatic carbocycles. The molecule has 2 aliphatic rings. The van der Waals surface area contributed by atoms with E-state index in [0.29, 0.717) is 12.1 Å². The molecular formula is C8H9NO3S. The lowest BCUT2D eigenvalue weighted by Gasteiger charge is -2.26. The summed E-state index contributed by atoms with van der Waals surface area (Å²) in [5.74, 6) is -0.870. The molecular weight excluding hydrogens is 190 g/mol. The highest BCUT2D eigenvalue weighted by Gasteiger charge is 2.34. The van der Waals surface area contributed by atoms with Gasteiger partial charge >= 0.3 is 0 Å². The predicted octanol–water partition coefficient (Wildman–Crippen LogP) is -0.0515. The SMILES string of the molecule is O=C1CS(=O)(=O)NC2=CC=CCC12. The van der Waals surface area contributed by atoms with E-state index in [0.717, 1.165) is 0 Å². The number of fused-ring (bicyclic) bond motifs is 1. The third-order valence-corrected chi connectivity index (χ3v) is 3.36. The topological polar surface area (TPSA) is 63.2 Å². The summed E-state index contributed by atoms with van der Waals surface area (Å²) >= 11 is 0. The monoisotopic (exact) mass is 199 g/mol. The molecule has 13 heavy (non-hydrogen) atoms. The standard InChI is InChI=1S/C8H9NO3S/c10-8-5-13(11,12)9-7-4-2-1-3-6(7)8/h1-2,4,6,9H,3,5H2. The van der Waals surface area contributed by atoms with Gasteiger partial charge < -0.3 is 0 Å². The smallest absolute Gasteiger partial charge is 0.239 e. The number of ketones is 1. The molecule has 1 aliphatic heterocycles. The van der Waals surface area contributed by atoms with Crippen LogP contribution in [0.15, 0.2) is 23.9 Å². The van der Waals surface area contributed by atoms with E-state index in [1.165, 1.54) is 0 Å². The van der Waals surface area contributed by atoms with Crippen LogP contribution < -0.4 is 4.72 Å². The third-order valence-electron chi connectivity index (χ3n) is 2.15. The molecule has 0 radical (unpaired) electrons. The molecule has 1 unspecified atom stereocenters. The van der Waals surface area contributed by atoms with Gasteiger partial charge in [0.05, 0.1) is 5.92 Å². The van der Waals surface area contributed by atoms with E-state index in [-0.39, 0.29) is 17.5 Å². The van der Waals surface area contributed by atoms with Gasteiger partial charge in [-0.1, -0.05) is 12.2 Å². The Bertz CT molecular complexity index is 405. The van der Waals surface area contributed by atoms with Crippen LogP contribution in [0.3, 0.4) is 0 Å². The van der Waals surface area contributed by atoms with Crippen LogP contribution >= 0.6 is 0 Å². The minimum Gasteiger partial charge on any atom is -0.298 e. The van der Waals surface area contributed by atoms with Gasteiger partial charge in [-0.3, -0.25) is 9.52 Å². The van der Waals surface area contributed by atoms with Crippen LogP contribution in [0.2, 0.25) is 0 Å². The average molecular weight is 199 g/mol. The Hall–Kier alpha value is -1.10. The minimum absolute atomic E-state index is 0.214. The zero-order valence-corrected chi connectivity index (χ0v) is 7.67. The highest BCUT2D eigenvalue weighted by Crippen LogP contribution is 2.24. The van der Waals surface area contributed by atoms with Crippen molar-refractivity contribution in [1.82, 2.24) is 4.72 Å². The van der Waals surface area contributed by atoms with Crippen molar-refractivity contribution in [3.05, 3.63) is 23.9 Å². The summed E-state index contributed by atoms with van der Waals surface area (Å²) in [5.41, 5.74) is 0.513. The van der Waals surface area contributed by atoms with Gasteiger partial charge in [0.2, 0.25) is 10.0 Å². The second kappa shape index (κ2) is 2.70. The van der Waals surface area contributed by atoms with Crippen molar-refractivity contribution >= 4 is 15.8 Å². The molecule has 1 N–H and O–H groups in total. The first-order valence-corrected chi connectivity index (χ1v) is 5.64. The molecule has 0 aromatic rings. The first-order chi connectivity index (χ1) is 6.08. The van der Waals surface area contributed by atoms with Gasteiger partial charge in [0.25, 0.3) is 0 Å². The Labute approximate surface area is 76.4 Å². The van der Waals surface area contributed by atoms with Crippen molar-refractivity contribution in [2.24, 2.45) is 5.92 Å². The number of hydrogen-bond acceptors (Lipinski definition) is 3. The van der Waals surface area contributed by atoms with E-state index < -0.39 is 10.0 Å². The van der Waals surface area contributed by atoms with Gasteiger partial charge in [-0.15, -0.1) is 0 Å². The Balaban J connectivity index is 2.39. The van der Waals surface area contributed by atoms with E-state index in [4.69, 9.17) is 0 Å². The van der Waals surface area contributed by atoms with Gasteiger partial charge in [-0.05, 0) is 12.5 Å². The Morgan fingerprint density at radius 2 is 2.23 bits per heavy atom. The molecule has 0 aromatic heterocycles. The molecule has 0 amide bonds. The molecule has 1 atom stereocenters. The van der Waals surface area contributed by atoms with Crippen molar-refractivity contribution in [3.63, 3.8) is 0 Å². The zero-order chi connectivity index (χ0) is 9.47. The summed E-state index contributed by atoms with van der Waals surface area (Å²) in [4.78, 5) is 11.4. The van der Waals surface area contributed by atoms with Gasteiger partial charge in [0.15, 0.2) is 5.78 Å². The zero-order valence-electron chi connectivity index (χ0n) is 6.86. The number of hydrogen-bond donors (Lipinski definition) is 1. The van der Waals surface area contributed by atoms with Gasteiger partial charge in [0, 0.05) is 5.70 Å². The van der Waals surface area contributed by atoms with Crippen LogP contribution in [-0.2, 0) is 14.8 Å². The number of carbonyl (C=O) groups is 1. The number of carbonyl (C=O) groups excluding carboxylic acids is 1. The highest BCUT2D eigenvalue weighted by atomic mass is 32.2. The molecule has 70 valence electrons. The summed E-state index contributed by atoms with van der Waals surface area (Å²) in [6, 6.07) is 0. The molecule has 4 nitrogen and oxygen atoms in total. The fourth-order valence-corrected chi connectivity index (χ4v) is 2.76. The average Bonchev–Trinajstić information content (AvgIpc) is 2.02. The number of rotatable bonds is 0. The first-order valence-electron chi connectivity index (χ1n) is 3.98. The second-order valence-corrected chi connectivity index (χ2v) is 4.89. The summed E-state index contributed by atoms with van der Waals surface area (Å²) in [5, 5.41) is 0. The number of allylic oxidation sites excluding steroid dienone is 4. The maximum atomic E-state index is 11.4.